The van der Waals surface area contributed by atoms with Gasteiger partial charge in [-0.3, -0.25) is 4.79 Å². The maximum Gasteiger partial charge on any atom is 0.338 e. The van der Waals surface area contributed by atoms with Gasteiger partial charge in [0.05, 0.1) is 29.2 Å². The fourth-order valence-corrected chi connectivity index (χ4v) is 5.61. The molecule has 0 aromatic heterocycles. The van der Waals surface area contributed by atoms with Gasteiger partial charge in [0.15, 0.2) is 0 Å². The largest absolute Gasteiger partial charge is 0.494 e. The van der Waals surface area contributed by atoms with Crippen LogP contribution in [0.4, 0.5) is 14.5 Å². The van der Waals surface area contributed by atoms with E-state index in [1.54, 1.807) is 43.3 Å². The van der Waals surface area contributed by atoms with E-state index in [2.05, 4.69) is 5.32 Å². The van der Waals surface area contributed by atoms with Crippen LogP contribution in [0.15, 0.2) is 95.9 Å². The van der Waals surface area contributed by atoms with E-state index in [1.807, 2.05) is 6.92 Å². The Hall–Kier alpha value is -4.61. The first-order valence-corrected chi connectivity index (χ1v) is 14.9. The first kappa shape index (κ1) is 31.3. The van der Waals surface area contributed by atoms with Gasteiger partial charge in [0, 0.05) is 18.8 Å². The summed E-state index contributed by atoms with van der Waals surface area (Å²) in [6.45, 7) is 3.93. The molecule has 4 aromatic carbocycles. The molecule has 0 radical (unpaired) electrons. The van der Waals surface area contributed by atoms with Crippen LogP contribution in [-0.2, 0) is 27.8 Å². The second-order valence-corrected chi connectivity index (χ2v) is 11.3. The second-order valence-electron chi connectivity index (χ2n) is 9.37. The summed E-state index contributed by atoms with van der Waals surface area (Å²) in [7, 11) is -4.32. The number of nitrogens with zero attached hydrogens (tertiary/aromatic N) is 1. The van der Waals surface area contributed by atoms with Gasteiger partial charge in [-0.15, -0.1) is 0 Å². The maximum absolute atomic E-state index is 14.8. The molecule has 0 fully saturated rings. The molecule has 1 amide bonds. The average Bonchev–Trinajstić information content (AvgIpc) is 2.99. The number of ether oxygens (including phenoxy) is 2. The third kappa shape index (κ3) is 8.02. The number of sulfonamides is 1. The Bertz CT molecular complexity index is 1680. The number of carbonyl (C=O) groups excluding carboxylic acids is 2. The Morgan fingerprint density at radius 3 is 1.98 bits per heavy atom. The van der Waals surface area contributed by atoms with Crippen molar-refractivity contribution >= 4 is 27.6 Å². The molecule has 0 aliphatic heterocycles. The van der Waals surface area contributed by atoms with Crippen LogP contribution in [0.2, 0.25) is 0 Å². The van der Waals surface area contributed by atoms with E-state index in [0.29, 0.717) is 34.7 Å². The molecule has 0 saturated carbocycles. The lowest BCUT2D eigenvalue weighted by atomic mass is 10.1. The number of benzene rings is 4. The fourth-order valence-electron chi connectivity index (χ4n) is 4.17. The quantitative estimate of drug-likeness (QED) is 0.193. The van der Waals surface area contributed by atoms with Gasteiger partial charge < -0.3 is 14.8 Å². The van der Waals surface area contributed by atoms with Crippen molar-refractivity contribution in [3.63, 3.8) is 0 Å². The molecule has 0 aliphatic rings. The number of nitrogens with one attached hydrogen (secondary N) is 1. The predicted octanol–water partition coefficient (Wildman–Crippen LogP) is 6.18. The summed E-state index contributed by atoms with van der Waals surface area (Å²) < 4.78 is 67.7. The van der Waals surface area contributed by atoms with Gasteiger partial charge >= 0.3 is 5.97 Å². The molecule has 0 heterocycles. The topological polar surface area (TPSA) is 102 Å². The summed E-state index contributed by atoms with van der Waals surface area (Å²) in [6.07, 6.45) is 0. The van der Waals surface area contributed by atoms with Crippen LogP contribution in [0.1, 0.15) is 45.7 Å². The van der Waals surface area contributed by atoms with E-state index in [-0.39, 0.29) is 24.6 Å². The van der Waals surface area contributed by atoms with Crippen molar-refractivity contribution in [3.05, 3.63) is 125 Å². The molecule has 1 N–H and O–H groups in total. The Morgan fingerprint density at radius 2 is 1.40 bits per heavy atom. The number of carbonyl (C=O) groups is 2. The Labute approximate surface area is 248 Å². The number of rotatable bonds is 12. The Balaban J connectivity index is 1.63. The van der Waals surface area contributed by atoms with Gasteiger partial charge in [-0.1, -0.05) is 24.3 Å². The van der Waals surface area contributed by atoms with Crippen LogP contribution in [0.25, 0.3) is 0 Å². The average molecular weight is 609 g/mol. The summed E-state index contributed by atoms with van der Waals surface area (Å²) >= 11 is 0. The van der Waals surface area contributed by atoms with Crippen molar-refractivity contribution in [2.75, 3.05) is 18.5 Å². The smallest absolute Gasteiger partial charge is 0.338 e. The predicted molar refractivity (Wildman–Crippen MR) is 157 cm³/mol. The van der Waals surface area contributed by atoms with Crippen molar-refractivity contribution in [1.82, 2.24) is 4.31 Å². The van der Waals surface area contributed by atoms with E-state index >= 15 is 0 Å². The third-order valence-corrected chi connectivity index (χ3v) is 8.13. The standard InChI is InChI=1S/C32H30F2N2O6S/c1-3-41-27-15-13-26(14-16-27)35-31(37)29-19-28(17-18-30(29)34)43(39,40)36(21-23-7-11-25(33)12-8-23)20-22-5-9-24(10-6-22)32(38)42-4-2/h5-19H,3-4,20-21H2,1-2H3,(H,35,37). The number of amides is 1. The molecule has 0 unspecified atom stereocenters. The highest BCUT2D eigenvalue weighted by atomic mass is 32.2. The minimum absolute atomic E-state index is 0.131. The molecule has 43 heavy (non-hydrogen) atoms. The van der Waals surface area contributed by atoms with Crippen LogP contribution in [0, 0.1) is 11.6 Å². The summed E-state index contributed by atoms with van der Waals surface area (Å²) in [5.41, 5.74) is 1.26. The molecule has 0 bridgehead atoms. The third-order valence-electron chi connectivity index (χ3n) is 6.34. The van der Waals surface area contributed by atoms with E-state index in [0.717, 1.165) is 22.5 Å². The summed E-state index contributed by atoms with van der Waals surface area (Å²) in [6, 6.07) is 21.0. The zero-order chi connectivity index (χ0) is 31.0. The lowest BCUT2D eigenvalue weighted by Crippen LogP contribution is -2.30. The van der Waals surface area contributed by atoms with Crippen LogP contribution in [0.5, 0.6) is 5.75 Å². The van der Waals surface area contributed by atoms with Gasteiger partial charge in [0.25, 0.3) is 5.91 Å². The van der Waals surface area contributed by atoms with Crippen LogP contribution >= 0.6 is 0 Å². The zero-order valence-corrected chi connectivity index (χ0v) is 24.4. The SMILES string of the molecule is CCOC(=O)c1ccc(CN(Cc2ccc(F)cc2)S(=O)(=O)c2ccc(F)c(C(=O)Nc3ccc(OCC)cc3)c2)cc1. The summed E-state index contributed by atoms with van der Waals surface area (Å²) in [5, 5.41) is 2.57. The molecule has 0 spiro atoms. The van der Waals surface area contributed by atoms with Gasteiger partial charge in [-0.25, -0.2) is 22.0 Å². The molecule has 224 valence electrons. The van der Waals surface area contributed by atoms with Gasteiger partial charge in [0.2, 0.25) is 10.0 Å². The molecule has 8 nitrogen and oxygen atoms in total. The number of hydrogen-bond donors (Lipinski definition) is 1. The van der Waals surface area contributed by atoms with Crippen molar-refractivity contribution in [2.24, 2.45) is 0 Å². The minimum Gasteiger partial charge on any atom is -0.494 e. The lowest BCUT2D eigenvalue weighted by molar-refractivity contribution is 0.0526. The van der Waals surface area contributed by atoms with Crippen LogP contribution in [0.3, 0.4) is 0 Å². The summed E-state index contributed by atoms with van der Waals surface area (Å²) in [5.74, 6) is -2.13. The van der Waals surface area contributed by atoms with Crippen LogP contribution in [-0.4, -0.2) is 37.8 Å². The van der Waals surface area contributed by atoms with Crippen molar-refractivity contribution in [3.8, 4) is 5.75 Å². The molecule has 4 aromatic rings. The Kier molecular flexibility index (Phi) is 10.2. The zero-order valence-electron chi connectivity index (χ0n) is 23.5. The maximum atomic E-state index is 14.8. The van der Waals surface area contributed by atoms with Gasteiger partial charge in [-0.2, -0.15) is 4.31 Å². The molecule has 0 atom stereocenters. The van der Waals surface area contributed by atoms with Crippen molar-refractivity contribution in [2.45, 2.75) is 31.8 Å². The Morgan fingerprint density at radius 1 is 0.791 bits per heavy atom. The monoisotopic (exact) mass is 608 g/mol. The molecule has 0 saturated heterocycles. The normalized spacial score (nSPS) is 11.3. The first-order valence-electron chi connectivity index (χ1n) is 13.4. The molecular formula is C32H30F2N2O6S. The van der Waals surface area contributed by atoms with E-state index in [9.17, 15) is 26.8 Å². The van der Waals surface area contributed by atoms with Crippen LogP contribution < -0.4 is 10.1 Å². The van der Waals surface area contributed by atoms with E-state index < -0.39 is 39.1 Å². The molecule has 4 rings (SSSR count). The van der Waals surface area contributed by atoms with Crippen molar-refractivity contribution < 1.29 is 36.3 Å². The van der Waals surface area contributed by atoms with E-state index in [4.69, 9.17) is 9.47 Å². The fraction of sp³-hybridized carbons (Fsp3) is 0.188. The number of halogens is 2. The number of esters is 1. The highest BCUT2D eigenvalue weighted by Gasteiger charge is 2.27. The first-order chi connectivity index (χ1) is 20.6. The van der Waals surface area contributed by atoms with E-state index in [1.165, 1.54) is 36.4 Å². The highest BCUT2D eigenvalue weighted by Crippen LogP contribution is 2.25. The number of hydrogen-bond acceptors (Lipinski definition) is 6. The number of anilines is 1. The lowest BCUT2D eigenvalue weighted by Gasteiger charge is -2.23. The minimum atomic E-state index is -4.32. The van der Waals surface area contributed by atoms with Gasteiger partial charge in [-0.05, 0) is 91.7 Å². The molecule has 11 heteroatoms. The molecule has 0 aliphatic carbocycles. The van der Waals surface area contributed by atoms with Gasteiger partial charge in [0.1, 0.15) is 17.4 Å². The van der Waals surface area contributed by atoms with Crippen molar-refractivity contribution in [1.29, 1.82) is 0 Å². The second kappa shape index (κ2) is 14.0. The summed E-state index contributed by atoms with van der Waals surface area (Å²) in [4.78, 5) is 24.7. The molecular weight excluding hydrogens is 578 g/mol. The highest BCUT2D eigenvalue weighted by molar-refractivity contribution is 7.89.